The number of hydrazone groups is 1. The molecule has 2 aliphatic rings. The van der Waals surface area contributed by atoms with Crippen LogP contribution in [-0.4, -0.2) is 34.2 Å². The van der Waals surface area contributed by atoms with Gasteiger partial charge >= 0.3 is 0 Å². The summed E-state index contributed by atoms with van der Waals surface area (Å²) in [5, 5.41) is 7.46. The lowest BCUT2D eigenvalue weighted by Gasteiger charge is -2.33. The molecular weight excluding hydrogens is 464 g/mol. The van der Waals surface area contributed by atoms with Gasteiger partial charge in [-0.1, -0.05) is 37.3 Å². The molecule has 0 amide bonds. The van der Waals surface area contributed by atoms with Gasteiger partial charge in [-0.25, -0.2) is 0 Å². The summed E-state index contributed by atoms with van der Waals surface area (Å²) in [6, 6.07) is 22.7. The molecule has 192 valence electrons. The molecule has 3 unspecified atom stereocenters. The van der Waals surface area contributed by atoms with E-state index in [1.165, 1.54) is 5.57 Å². The van der Waals surface area contributed by atoms with Gasteiger partial charge in [0.1, 0.15) is 0 Å². The van der Waals surface area contributed by atoms with E-state index >= 15 is 0 Å². The smallest absolute Gasteiger partial charge is 0.161 e. The Bertz CT molecular complexity index is 1320. The van der Waals surface area contributed by atoms with E-state index in [4.69, 9.17) is 24.0 Å². The molecule has 6 heteroatoms. The fourth-order valence-electron chi connectivity index (χ4n) is 5.60. The number of ether oxygens (including phenoxy) is 4. The Morgan fingerprint density at radius 3 is 2.11 bits per heavy atom. The van der Waals surface area contributed by atoms with Crippen molar-refractivity contribution in [3.63, 3.8) is 0 Å². The predicted molar refractivity (Wildman–Crippen MR) is 148 cm³/mol. The second-order valence-electron chi connectivity index (χ2n) is 9.66. The van der Waals surface area contributed by atoms with E-state index in [2.05, 4.69) is 60.5 Å². The first-order chi connectivity index (χ1) is 18.1. The van der Waals surface area contributed by atoms with Gasteiger partial charge in [-0.3, -0.25) is 5.01 Å². The van der Waals surface area contributed by atoms with Crippen molar-refractivity contribution in [3.8, 4) is 23.0 Å². The zero-order valence-electron chi connectivity index (χ0n) is 22.1. The summed E-state index contributed by atoms with van der Waals surface area (Å²) in [5.41, 5.74) is 5.72. The fraction of sp³-hybridized carbons (Fsp3) is 0.323. The van der Waals surface area contributed by atoms with Crippen LogP contribution in [0.5, 0.6) is 23.0 Å². The van der Waals surface area contributed by atoms with E-state index in [-0.39, 0.29) is 12.0 Å². The maximum absolute atomic E-state index is 5.66. The molecule has 1 heterocycles. The van der Waals surface area contributed by atoms with E-state index in [1.807, 2.05) is 24.3 Å². The third kappa shape index (κ3) is 4.76. The van der Waals surface area contributed by atoms with Crippen LogP contribution in [0.3, 0.4) is 0 Å². The molecule has 0 spiro atoms. The summed E-state index contributed by atoms with van der Waals surface area (Å²) in [6.45, 7) is 2.33. The van der Waals surface area contributed by atoms with Crippen molar-refractivity contribution >= 4 is 17.5 Å². The highest BCUT2D eigenvalue weighted by molar-refractivity contribution is 6.08. The average molecular weight is 499 g/mol. The van der Waals surface area contributed by atoms with Gasteiger partial charge in [0.25, 0.3) is 0 Å². The second-order valence-corrected chi connectivity index (χ2v) is 9.66. The van der Waals surface area contributed by atoms with Crippen LogP contribution in [0, 0.1) is 11.8 Å². The van der Waals surface area contributed by atoms with Crippen LogP contribution in [0.1, 0.15) is 36.9 Å². The molecule has 0 N–H and O–H groups in total. The van der Waals surface area contributed by atoms with Crippen LogP contribution in [0.4, 0.5) is 5.69 Å². The van der Waals surface area contributed by atoms with Gasteiger partial charge in [-0.05, 0) is 77.9 Å². The molecule has 0 aromatic heterocycles. The molecule has 37 heavy (non-hydrogen) atoms. The van der Waals surface area contributed by atoms with Crippen LogP contribution in [-0.2, 0) is 0 Å². The molecule has 5 rings (SSSR count). The van der Waals surface area contributed by atoms with Crippen LogP contribution in [0.2, 0.25) is 0 Å². The first-order valence-corrected chi connectivity index (χ1v) is 12.6. The number of rotatable bonds is 7. The molecule has 1 aliphatic heterocycles. The van der Waals surface area contributed by atoms with Gasteiger partial charge in [-0.15, -0.1) is 0 Å². The topological polar surface area (TPSA) is 52.5 Å². The van der Waals surface area contributed by atoms with Gasteiger partial charge in [-0.2, -0.15) is 5.10 Å². The number of allylic oxidation sites excluding steroid dienone is 1. The normalized spacial score (nSPS) is 21.9. The fourth-order valence-corrected chi connectivity index (χ4v) is 5.60. The molecule has 0 saturated heterocycles. The molecule has 1 saturated carbocycles. The quantitative estimate of drug-likeness (QED) is 0.360. The van der Waals surface area contributed by atoms with E-state index < -0.39 is 0 Å². The lowest BCUT2D eigenvalue weighted by molar-refractivity contribution is 0.352. The van der Waals surface area contributed by atoms with E-state index in [1.54, 1.807) is 28.4 Å². The van der Waals surface area contributed by atoms with Crippen molar-refractivity contribution in [1.82, 2.24) is 0 Å². The van der Waals surface area contributed by atoms with E-state index in [9.17, 15) is 0 Å². The lowest BCUT2D eigenvalue weighted by Crippen LogP contribution is -2.30. The highest BCUT2D eigenvalue weighted by Gasteiger charge is 2.43. The minimum Gasteiger partial charge on any atom is -0.493 e. The average Bonchev–Trinajstić information content (AvgIpc) is 3.32. The van der Waals surface area contributed by atoms with Gasteiger partial charge in [0.05, 0.1) is 45.9 Å². The van der Waals surface area contributed by atoms with Crippen LogP contribution in [0.15, 0.2) is 77.4 Å². The Hall–Kier alpha value is -3.93. The van der Waals surface area contributed by atoms with Crippen LogP contribution >= 0.6 is 0 Å². The summed E-state index contributed by atoms with van der Waals surface area (Å²) >= 11 is 0. The Morgan fingerprint density at radius 1 is 0.784 bits per heavy atom. The molecule has 0 radical (unpaired) electrons. The highest BCUT2D eigenvalue weighted by Crippen LogP contribution is 2.48. The second kappa shape index (κ2) is 10.6. The Balaban J connectivity index is 1.60. The largest absolute Gasteiger partial charge is 0.493 e. The lowest BCUT2D eigenvalue weighted by atomic mass is 9.73. The summed E-state index contributed by atoms with van der Waals surface area (Å²) in [5.74, 6) is 3.66. The molecule has 3 aromatic rings. The number of fused-ring (bicyclic) bond motifs is 1. The van der Waals surface area contributed by atoms with Crippen LogP contribution < -0.4 is 24.0 Å². The standard InChI is InChI=1S/C31H34N2O4/c1-20-15-23(17-21-11-13-26(34-2)28(18-21)36-4)30-25(16-20)31(33(32-30)24-9-7-6-8-10-24)22-12-14-27(35-3)29(19-22)37-5/h6-14,17-20,25,31H,15-16H2,1-5H3/b23-17+. The van der Waals surface area contributed by atoms with Crippen molar-refractivity contribution in [3.05, 3.63) is 83.4 Å². The first-order valence-electron chi connectivity index (χ1n) is 12.6. The zero-order valence-corrected chi connectivity index (χ0v) is 22.1. The van der Waals surface area contributed by atoms with E-state index in [0.717, 1.165) is 58.4 Å². The number of nitrogens with zero attached hydrogens (tertiary/aromatic N) is 2. The molecule has 1 aliphatic carbocycles. The summed E-state index contributed by atoms with van der Waals surface area (Å²) in [6.07, 6.45) is 4.29. The number of hydrogen-bond donors (Lipinski definition) is 0. The third-order valence-electron chi connectivity index (χ3n) is 7.28. The number of anilines is 1. The number of hydrogen-bond acceptors (Lipinski definition) is 6. The Morgan fingerprint density at radius 2 is 1.43 bits per heavy atom. The van der Waals surface area contributed by atoms with Crippen molar-refractivity contribution in [2.45, 2.75) is 25.8 Å². The van der Waals surface area contributed by atoms with Gasteiger partial charge in [0.2, 0.25) is 0 Å². The van der Waals surface area contributed by atoms with Crippen LogP contribution in [0.25, 0.3) is 6.08 Å². The molecular formula is C31H34N2O4. The van der Waals surface area contributed by atoms with Crippen molar-refractivity contribution in [2.75, 3.05) is 33.4 Å². The Labute approximate surface area is 219 Å². The predicted octanol–water partition coefficient (Wildman–Crippen LogP) is 6.77. The molecule has 6 nitrogen and oxygen atoms in total. The number of methoxy groups -OCH3 is 4. The van der Waals surface area contributed by atoms with E-state index in [0.29, 0.717) is 5.92 Å². The molecule has 3 atom stereocenters. The minimum atomic E-state index is 0.0498. The summed E-state index contributed by atoms with van der Waals surface area (Å²) in [4.78, 5) is 0. The van der Waals surface area contributed by atoms with Crippen molar-refractivity contribution in [1.29, 1.82) is 0 Å². The van der Waals surface area contributed by atoms with Crippen molar-refractivity contribution < 1.29 is 18.9 Å². The maximum Gasteiger partial charge on any atom is 0.161 e. The molecule has 3 aromatic carbocycles. The summed E-state index contributed by atoms with van der Waals surface area (Å²) < 4.78 is 22.2. The van der Waals surface area contributed by atoms with Gasteiger partial charge in [0, 0.05) is 5.92 Å². The SMILES string of the molecule is COc1ccc(/C=C2\CC(C)CC3C2=NN(c2ccccc2)C3c2ccc(OC)c(OC)c2)cc1OC. The molecule has 1 fully saturated rings. The Kier molecular flexibility index (Phi) is 7.08. The summed E-state index contributed by atoms with van der Waals surface area (Å²) in [7, 11) is 6.67. The first kappa shape index (κ1) is 24.8. The maximum atomic E-state index is 5.66. The highest BCUT2D eigenvalue weighted by atomic mass is 16.5. The zero-order chi connectivity index (χ0) is 25.9. The van der Waals surface area contributed by atoms with Crippen molar-refractivity contribution in [2.24, 2.45) is 16.9 Å². The number of benzene rings is 3. The van der Waals surface area contributed by atoms with Gasteiger partial charge in [0.15, 0.2) is 23.0 Å². The minimum absolute atomic E-state index is 0.0498. The monoisotopic (exact) mass is 498 g/mol. The third-order valence-corrected chi connectivity index (χ3v) is 7.28. The van der Waals surface area contributed by atoms with Gasteiger partial charge < -0.3 is 18.9 Å². The molecule has 0 bridgehead atoms. The number of para-hydroxylation sites is 1.